The van der Waals surface area contributed by atoms with Crippen molar-refractivity contribution in [3.8, 4) is 16.9 Å². The maximum absolute atomic E-state index is 13.0. The van der Waals surface area contributed by atoms with Crippen LogP contribution in [0, 0.1) is 20.8 Å². The lowest BCUT2D eigenvalue weighted by Gasteiger charge is -2.06. The predicted octanol–water partition coefficient (Wildman–Crippen LogP) is 3.65. The summed E-state index contributed by atoms with van der Waals surface area (Å²) >= 11 is 0. The van der Waals surface area contributed by atoms with E-state index in [1.54, 1.807) is 16.8 Å². The largest absolute Gasteiger partial charge is 0.346 e. The van der Waals surface area contributed by atoms with Crippen molar-refractivity contribution in [2.45, 2.75) is 40.8 Å². The third-order valence-electron chi connectivity index (χ3n) is 6.14. The van der Waals surface area contributed by atoms with Crippen LogP contribution in [0.2, 0.25) is 0 Å². The number of nitrogens with one attached hydrogen (secondary N) is 1. The SMILES string of the molecule is CCn1ncc(-c2ccnc3cc(C(=O)NCc4c(C)nn(-c5ccccc5)c4C)nn23)c1C. The minimum Gasteiger partial charge on any atom is -0.346 e. The molecule has 0 bridgehead atoms. The third kappa shape index (κ3) is 3.64. The molecule has 1 N–H and O–H groups in total. The zero-order valence-electron chi connectivity index (χ0n) is 19.6. The van der Waals surface area contributed by atoms with Gasteiger partial charge in [0.05, 0.1) is 23.3 Å². The predicted molar refractivity (Wildman–Crippen MR) is 129 cm³/mol. The lowest BCUT2D eigenvalue weighted by atomic mass is 10.2. The lowest BCUT2D eigenvalue weighted by Crippen LogP contribution is -2.24. The van der Waals surface area contributed by atoms with Crippen molar-refractivity contribution in [2.75, 3.05) is 0 Å². The molecule has 4 aromatic heterocycles. The highest BCUT2D eigenvalue weighted by molar-refractivity contribution is 5.93. The van der Waals surface area contributed by atoms with Crippen LogP contribution in [0.15, 0.2) is 54.9 Å². The van der Waals surface area contributed by atoms with Gasteiger partial charge in [-0.15, -0.1) is 0 Å². The van der Waals surface area contributed by atoms with E-state index in [4.69, 9.17) is 0 Å². The van der Waals surface area contributed by atoms with Crippen molar-refractivity contribution >= 4 is 11.6 Å². The molecule has 0 aliphatic heterocycles. The summed E-state index contributed by atoms with van der Waals surface area (Å²) in [7, 11) is 0. The van der Waals surface area contributed by atoms with Crippen molar-refractivity contribution in [3.63, 3.8) is 0 Å². The molecule has 1 aromatic carbocycles. The summed E-state index contributed by atoms with van der Waals surface area (Å²) in [5, 5.41) is 16.6. The fourth-order valence-corrected chi connectivity index (χ4v) is 4.24. The van der Waals surface area contributed by atoms with Gasteiger partial charge in [0.15, 0.2) is 11.3 Å². The van der Waals surface area contributed by atoms with Crippen LogP contribution in [0.3, 0.4) is 0 Å². The van der Waals surface area contributed by atoms with Crippen molar-refractivity contribution in [1.82, 2.24) is 39.5 Å². The molecule has 0 atom stereocenters. The first-order valence-corrected chi connectivity index (χ1v) is 11.2. The van der Waals surface area contributed by atoms with Gasteiger partial charge in [-0.3, -0.25) is 9.48 Å². The second-order valence-corrected chi connectivity index (χ2v) is 8.17. The molecule has 9 heteroatoms. The smallest absolute Gasteiger partial charge is 0.272 e. The van der Waals surface area contributed by atoms with Crippen molar-refractivity contribution in [3.05, 3.63) is 83.2 Å². The highest BCUT2D eigenvalue weighted by Gasteiger charge is 2.18. The number of rotatable bonds is 6. The van der Waals surface area contributed by atoms with Gasteiger partial charge in [0.25, 0.3) is 5.91 Å². The Bertz CT molecular complexity index is 1490. The molecular weight excluding hydrogens is 428 g/mol. The number of para-hydroxylation sites is 1. The number of aryl methyl sites for hydroxylation is 2. The number of hydrogen-bond donors (Lipinski definition) is 1. The van der Waals surface area contributed by atoms with Gasteiger partial charge in [-0.1, -0.05) is 18.2 Å². The summed E-state index contributed by atoms with van der Waals surface area (Å²) < 4.78 is 5.53. The third-order valence-corrected chi connectivity index (χ3v) is 6.14. The molecule has 0 aliphatic carbocycles. The summed E-state index contributed by atoms with van der Waals surface area (Å²) in [6.07, 6.45) is 3.55. The number of nitrogens with zero attached hydrogens (tertiary/aromatic N) is 7. The number of carbonyl (C=O) groups is 1. The highest BCUT2D eigenvalue weighted by Crippen LogP contribution is 2.24. The molecule has 0 fully saturated rings. The molecule has 0 unspecified atom stereocenters. The van der Waals surface area contributed by atoms with E-state index in [0.717, 1.165) is 46.1 Å². The summed E-state index contributed by atoms with van der Waals surface area (Å²) in [6.45, 7) is 9.18. The van der Waals surface area contributed by atoms with Crippen LogP contribution in [0.4, 0.5) is 0 Å². The molecule has 9 nitrogen and oxygen atoms in total. The van der Waals surface area contributed by atoms with E-state index in [1.165, 1.54) is 0 Å². The number of fused-ring (bicyclic) bond motifs is 1. The van der Waals surface area contributed by atoms with Gasteiger partial charge in [0.2, 0.25) is 0 Å². The normalized spacial score (nSPS) is 11.3. The standard InChI is InChI=1S/C25H26N8O/c1-5-31-17(3)21(15-28-31)23-11-12-26-24-13-22(30-33(23)24)25(34)27-14-20-16(2)29-32(18(20)4)19-9-7-6-8-10-19/h6-13,15H,5,14H2,1-4H3,(H,27,34). The minimum atomic E-state index is -0.260. The first-order valence-electron chi connectivity index (χ1n) is 11.2. The molecule has 5 aromatic rings. The second-order valence-electron chi connectivity index (χ2n) is 8.17. The minimum absolute atomic E-state index is 0.260. The van der Waals surface area contributed by atoms with Gasteiger partial charge in [0, 0.05) is 47.9 Å². The first kappa shape index (κ1) is 21.6. The van der Waals surface area contributed by atoms with Crippen molar-refractivity contribution in [1.29, 1.82) is 0 Å². The van der Waals surface area contributed by atoms with E-state index in [1.807, 2.05) is 72.7 Å². The van der Waals surface area contributed by atoms with Crippen LogP contribution < -0.4 is 5.32 Å². The zero-order chi connectivity index (χ0) is 23.8. The van der Waals surface area contributed by atoms with Crippen LogP contribution in [0.1, 0.15) is 40.1 Å². The van der Waals surface area contributed by atoms with E-state index < -0.39 is 0 Å². The number of aromatic nitrogens is 7. The Balaban J connectivity index is 1.40. The van der Waals surface area contributed by atoms with Crippen LogP contribution in [-0.2, 0) is 13.1 Å². The molecule has 5 rings (SSSR count). The van der Waals surface area contributed by atoms with Gasteiger partial charge in [-0.05, 0) is 45.9 Å². The van der Waals surface area contributed by atoms with E-state index in [-0.39, 0.29) is 5.91 Å². The van der Waals surface area contributed by atoms with E-state index in [0.29, 0.717) is 17.9 Å². The quantitative estimate of drug-likeness (QED) is 0.423. The summed E-state index contributed by atoms with van der Waals surface area (Å²) in [5.74, 6) is -0.260. The van der Waals surface area contributed by atoms with Crippen LogP contribution in [-0.4, -0.2) is 40.1 Å². The van der Waals surface area contributed by atoms with Crippen molar-refractivity contribution in [2.24, 2.45) is 0 Å². The Morgan fingerprint density at radius 2 is 1.82 bits per heavy atom. The van der Waals surface area contributed by atoms with Gasteiger partial charge < -0.3 is 5.32 Å². The zero-order valence-corrected chi connectivity index (χ0v) is 19.6. The van der Waals surface area contributed by atoms with Crippen LogP contribution in [0.5, 0.6) is 0 Å². The summed E-state index contributed by atoms with van der Waals surface area (Å²) in [5.41, 5.74) is 7.61. The summed E-state index contributed by atoms with van der Waals surface area (Å²) in [6, 6.07) is 13.5. The first-order chi connectivity index (χ1) is 16.5. The average molecular weight is 455 g/mol. The molecule has 34 heavy (non-hydrogen) atoms. The highest BCUT2D eigenvalue weighted by atomic mass is 16.1. The number of hydrogen-bond acceptors (Lipinski definition) is 5. The molecule has 0 aliphatic rings. The van der Waals surface area contributed by atoms with Gasteiger partial charge in [-0.25, -0.2) is 14.2 Å². The molecule has 0 saturated heterocycles. The van der Waals surface area contributed by atoms with E-state index in [2.05, 4.69) is 32.5 Å². The van der Waals surface area contributed by atoms with E-state index >= 15 is 0 Å². The average Bonchev–Trinajstić information content (AvgIpc) is 3.53. The topological polar surface area (TPSA) is 94.9 Å². The maximum atomic E-state index is 13.0. The molecule has 172 valence electrons. The maximum Gasteiger partial charge on any atom is 0.272 e. The Kier molecular flexibility index (Phi) is 5.45. The lowest BCUT2D eigenvalue weighted by molar-refractivity contribution is 0.0945. The number of amides is 1. The van der Waals surface area contributed by atoms with Gasteiger partial charge in [-0.2, -0.15) is 15.3 Å². The monoisotopic (exact) mass is 454 g/mol. The van der Waals surface area contributed by atoms with Gasteiger partial charge >= 0.3 is 0 Å². The Hall–Kier alpha value is -4.27. The van der Waals surface area contributed by atoms with Crippen molar-refractivity contribution < 1.29 is 4.79 Å². The summed E-state index contributed by atoms with van der Waals surface area (Å²) in [4.78, 5) is 17.4. The van der Waals surface area contributed by atoms with E-state index in [9.17, 15) is 4.79 Å². The molecule has 0 spiro atoms. The molecule has 4 heterocycles. The number of benzene rings is 1. The Morgan fingerprint density at radius 1 is 1.03 bits per heavy atom. The fourth-order valence-electron chi connectivity index (χ4n) is 4.24. The van der Waals surface area contributed by atoms with Crippen LogP contribution in [0.25, 0.3) is 22.6 Å². The van der Waals surface area contributed by atoms with Crippen LogP contribution >= 0.6 is 0 Å². The Labute approximate surface area is 197 Å². The molecule has 0 radical (unpaired) electrons. The fraction of sp³-hybridized carbons (Fsp3) is 0.240. The molecule has 1 amide bonds. The second kappa shape index (κ2) is 8.58. The van der Waals surface area contributed by atoms with Gasteiger partial charge in [0.1, 0.15) is 0 Å². The Morgan fingerprint density at radius 3 is 2.56 bits per heavy atom. The molecule has 0 saturated carbocycles. The molecular formula is C25H26N8O. The number of carbonyl (C=O) groups excluding carboxylic acids is 1.